The van der Waals surface area contributed by atoms with E-state index in [1.807, 2.05) is 35.0 Å². The summed E-state index contributed by atoms with van der Waals surface area (Å²) in [5.74, 6) is 0.500. The number of imidazole rings is 1. The van der Waals surface area contributed by atoms with E-state index in [9.17, 15) is 4.79 Å². The summed E-state index contributed by atoms with van der Waals surface area (Å²) in [6, 6.07) is 7.25. The monoisotopic (exact) mass is 312 g/mol. The Morgan fingerprint density at radius 1 is 1.35 bits per heavy atom. The zero-order valence-electron chi connectivity index (χ0n) is 13.3. The van der Waals surface area contributed by atoms with Gasteiger partial charge in [-0.2, -0.15) is 0 Å². The van der Waals surface area contributed by atoms with Crippen LogP contribution in [0.2, 0.25) is 0 Å². The Balaban J connectivity index is 1.59. The van der Waals surface area contributed by atoms with E-state index in [0.29, 0.717) is 5.92 Å². The number of rotatable bonds is 5. The summed E-state index contributed by atoms with van der Waals surface area (Å²) in [4.78, 5) is 16.4. The average molecular weight is 312 g/mol. The van der Waals surface area contributed by atoms with Crippen LogP contribution in [0.3, 0.4) is 0 Å². The van der Waals surface area contributed by atoms with Crippen molar-refractivity contribution in [3.05, 3.63) is 43.0 Å². The second kappa shape index (κ2) is 7.42. The SMILES string of the molecule is NC(CC1CCCCC1)C(=O)Nc1cccc(-n2ccnc2)c1. The number of nitrogens with two attached hydrogens (primary N) is 1. The molecule has 1 aromatic heterocycles. The van der Waals surface area contributed by atoms with Crippen LogP contribution in [0, 0.1) is 5.92 Å². The Morgan fingerprint density at radius 2 is 2.17 bits per heavy atom. The summed E-state index contributed by atoms with van der Waals surface area (Å²) >= 11 is 0. The van der Waals surface area contributed by atoms with Crippen LogP contribution in [-0.4, -0.2) is 21.5 Å². The van der Waals surface area contributed by atoms with Crippen LogP contribution in [0.5, 0.6) is 0 Å². The van der Waals surface area contributed by atoms with Crippen molar-refractivity contribution in [1.29, 1.82) is 0 Å². The van der Waals surface area contributed by atoms with Crippen molar-refractivity contribution in [3.63, 3.8) is 0 Å². The lowest BCUT2D eigenvalue weighted by Gasteiger charge is -2.24. The molecule has 0 spiro atoms. The van der Waals surface area contributed by atoms with Crippen molar-refractivity contribution in [1.82, 2.24) is 9.55 Å². The highest BCUT2D eigenvalue weighted by Gasteiger charge is 2.21. The molecule has 122 valence electrons. The van der Waals surface area contributed by atoms with Gasteiger partial charge in [-0.3, -0.25) is 4.79 Å². The Bertz CT molecular complexity index is 632. The molecule has 1 atom stereocenters. The highest BCUT2D eigenvalue weighted by atomic mass is 16.2. The number of carbonyl (C=O) groups is 1. The maximum absolute atomic E-state index is 12.3. The van der Waals surface area contributed by atoms with Crippen LogP contribution in [0.4, 0.5) is 5.69 Å². The molecule has 1 aliphatic carbocycles. The molecular formula is C18H24N4O. The van der Waals surface area contributed by atoms with E-state index < -0.39 is 6.04 Å². The van der Waals surface area contributed by atoms with E-state index in [0.717, 1.165) is 17.8 Å². The van der Waals surface area contributed by atoms with Gasteiger partial charge < -0.3 is 15.6 Å². The molecule has 1 fully saturated rings. The molecule has 2 aromatic rings. The predicted octanol–water partition coefficient (Wildman–Crippen LogP) is 3.11. The van der Waals surface area contributed by atoms with Gasteiger partial charge in [0.25, 0.3) is 0 Å². The second-order valence-electron chi connectivity index (χ2n) is 6.36. The quantitative estimate of drug-likeness (QED) is 0.891. The number of hydrogen-bond donors (Lipinski definition) is 2. The fourth-order valence-corrected chi connectivity index (χ4v) is 3.28. The minimum Gasteiger partial charge on any atom is -0.325 e. The molecule has 23 heavy (non-hydrogen) atoms. The summed E-state index contributed by atoms with van der Waals surface area (Å²) in [7, 11) is 0. The number of nitrogens with one attached hydrogen (secondary N) is 1. The molecular weight excluding hydrogens is 288 g/mol. The van der Waals surface area contributed by atoms with Crippen molar-refractivity contribution in [2.24, 2.45) is 11.7 Å². The molecule has 1 saturated carbocycles. The van der Waals surface area contributed by atoms with Crippen LogP contribution in [0.15, 0.2) is 43.0 Å². The first-order chi connectivity index (χ1) is 11.2. The van der Waals surface area contributed by atoms with Crippen molar-refractivity contribution in [2.45, 2.75) is 44.6 Å². The number of amides is 1. The fraction of sp³-hybridized carbons (Fsp3) is 0.444. The minimum absolute atomic E-state index is 0.0987. The number of hydrogen-bond acceptors (Lipinski definition) is 3. The van der Waals surface area contributed by atoms with Gasteiger partial charge in [-0.25, -0.2) is 4.98 Å². The topological polar surface area (TPSA) is 72.9 Å². The van der Waals surface area contributed by atoms with Crippen molar-refractivity contribution >= 4 is 11.6 Å². The number of benzene rings is 1. The van der Waals surface area contributed by atoms with Gasteiger partial charge in [0.15, 0.2) is 0 Å². The van der Waals surface area contributed by atoms with Gasteiger partial charge in [-0.05, 0) is 30.5 Å². The van der Waals surface area contributed by atoms with Crippen LogP contribution in [0.1, 0.15) is 38.5 Å². The highest BCUT2D eigenvalue weighted by Crippen LogP contribution is 2.27. The Hall–Kier alpha value is -2.14. The number of anilines is 1. The molecule has 5 nitrogen and oxygen atoms in total. The van der Waals surface area contributed by atoms with Gasteiger partial charge in [0.1, 0.15) is 0 Å². The zero-order chi connectivity index (χ0) is 16.1. The third-order valence-electron chi connectivity index (χ3n) is 4.57. The largest absolute Gasteiger partial charge is 0.325 e. The molecule has 1 aliphatic rings. The van der Waals surface area contributed by atoms with Gasteiger partial charge in [0.2, 0.25) is 5.91 Å². The van der Waals surface area contributed by atoms with Crippen LogP contribution in [-0.2, 0) is 4.79 Å². The molecule has 0 saturated heterocycles. The lowest BCUT2D eigenvalue weighted by atomic mass is 9.85. The highest BCUT2D eigenvalue weighted by molar-refractivity contribution is 5.94. The predicted molar refractivity (Wildman–Crippen MR) is 91.4 cm³/mol. The fourth-order valence-electron chi connectivity index (χ4n) is 3.28. The summed E-state index contributed by atoms with van der Waals surface area (Å²) in [6.07, 6.45) is 12.4. The van der Waals surface area contributed by atoms with E-state index >= 15 is 0 Å². The summed E-state index contributed by atoms with van der Waals surface area (Å²) in [6.45, 7) is 0. The Labute approximate surface area is 136 Å². The molecule has 5 heteroatoms. The Kier molecular flexibility index (Phi) is 5.08. The lowest BCUT2D eigenvalue weighted by Crippen LogP contribution is -2.37. The molecule has 3 rings (SSSR count). The average Bonchev–Trinajstić information content (AvgIpc) is 3.10. The van der Waals surface area contributed by atoms with E-state index in [4.69, 9.17) is 5.73 Å². The maximum Gasteiger partial charge on any atom is 0.241 e. The first-order valence-electron chi connectivity index (χ1n) is 8.37. The van der Waals surface area contributed by atoms with E-state index in [2.05, 4.69) is 10.3 Å². The maximum atomic E-state index is 12.3. The summed E-state index contributed by atoms with van der Waals surface area (Å²) in [5, 5.41) is 2.94. The van der Waals surface area contributed by atoms with Gasteiger partial charge in [0, 0.05) is 23.8 Å². The summed E-state index contributed by atoms with van der Waals surface area (Å²) in [5.41, 5.74) is 7.82. The van der Waals surface area contributed by atoms with Gasteiger partial charge >= 0.3 is 0 Å². The third-order valence-corrected chi connectivity index (χ3v) is 4.57. The zero-order valence-corrected chi connectivity index (χ0v) is 13.3. The standard InChI is InChI=1S/C18H24N4O/c19-17(11-14-5-2-1-3-6-14)18(23)21-15-7-4-8-16(12-15)22-10-9-20-13-22/h4,7-10,12-14,17H,1-3,5-6,11,19H2,(H,21,23). The molecule has 3 N–H and O–H groups in total. The van der Waals surface area contributed by atoms with E-state index in [1.165, 1.54) is 32.1 Å². The van der Waals surface area contributed by atoms with Crippen molar-refractivity contribution in [2.75, 3.05) is 5.32 Å². The lowest BCUT2D eigenvalue weighted by molar-refractivity contribution is -0.117. The second-order valence-corrected chi connectivity index (χ2v) is 6.36. The van der Waals surface area contributed by atoms with Crippen LogP contribution < -0.4 is 11.1 Å². The number of aromatic nitrogens is 2. The minimum atomic E-state index is -0.435. The third kappa shape index (κ3) is 4.20. The Morgan fingerprint density at radius 3 is 2.91 bits per heavy atom. The molecule has 0 radical (unpaired) electrons. The molecule has 1 unspecified atom stereocenters. The van der Waals surface area contributed by atoms with Crippen LogP contribution >= 0.6 is 0 Å². The normalized spacial score (nSPS) is 16.9. The van der Waals surface area contributed by atoms with E-state index in [-0.39, 0.29) is 5.91 Å². The van der Waals surface area contributed by atoms with Crippen LogP contribution in [0.25, 0.3) is 5.69 Å². The molecule has 1 aromatic carbocycles. The van der Waals surface area contributed by atoms with Gasteiger partial charge in [-0.1, -0.05) is 38.2 Å². The van der Waals surface area contributed by atoms with Crippen molar-refractivity contribution in [3.8, 4) is 5.69 Å². The van der Waals surface area contributed by atoms with Crippen molar-refractivity contribution < 1.29 is 4.79 Å². The molecule has 1 heterocycles. The number of nitrogens with zero attached hydrogens (tertiary/aromatic N) is 2. The van der Waals surface area contributed by atoms with Gasteiger partial charge in [0.05, 0.1) is 12.4 Å². The number of carbonyl (C=O) groups excluding carboxylic acids is 1. The molecule has 1 amide bonds. The first kappa shape index (κ1) is 15.7. The molecule has 0 bridgehead atoms. The smallest absolute Gasteiger partial charge is 0.241 e. The van der Waals surface area contributed by atoms with E-state index in [1.54, 1.807) is 12.5 Å². The molecule has 0 aliphatic heterocycles. The summed E-state index contributed by atoms with van der Waals surface area (Å²) < 4.78 is 1.90. The van der Waals surface area contributed by atoms with Gasteiger partial charge in [-0.15, -0.1) is 0 Å². The first-order valence-corrected chi connectivity index (χ1v) is 8.37.